The van der Waals surface area contributed by atoms with Gasteiger partial charge in [-0.3, -0.25) is 15.1 Å². The summed E-state index contributed by atoms with van der Waals surface area (Å²) < 4.78 is 5.70. The molecule has 5 heteroatoms. The number of benzene rings is 1. The Kier molecular flexibility index (Phi) is 4.76. The summed E-state index contributed by atoms with van der Waals surface area (Å²) in [5, 5.41) is 0. The Morgan fingerprint density at radius 3 is 3.00 bits per heavy atom. The number of ether oxygens (including phenoxy) is 1. The Bertz CT molecular complexity index is 436. The van der Waals surface area contributed by atoms with Crippen LogP contribution in [-0.2, 0) is 0 Å². The summed E-state index contributed by atoms with van der Waals surface area (Å²) in [5.74, 6) is 6.18. The predicted molar refractivity (Wildman–Crippen MR) is 73.8 cm³/mol. The van der Waals surface area contributed by atoms with Gasteiger partial charge in [0.1, 0.15) is 12.4 Å². The fourth-order valence-corrected chi connectivity index (χ4v) is 2.37. The maximum absolute atomic E-state index is 11.6. The van der Waals surface area contributed by atoms with Crippen LogP contribution in [0.25, 0.3) is 0 Å². The Morgan fingerprint density at radius 2 is 2.32 bits per heavy atom. The van der Waals surface area contributed by atoms with Crippen LogP contribution in [0, 0.1) is 5.92 Å². The van der Waals surface area contributed by atoms with E-state index in [1.54, 1.807) is 18.2 Å². The van der Waals surface area contributed by atoms with Crippen molar-refractivity contribution in [2.45, 2.75) is 13.3 Å². The molecule has 1 aliphatic rings. The number of likely N-dealkylation sites (tertiary alicyclic amines) is 1. The summed E-state index contributed by atoms with van der Waals surface area (Å²) >= 11 is 0. The van der Waals surface area contributed by atoms with Crippen LogP contribution in [-0.4, -0.2) is 37.0 Å². The first-order chi connectivity index (χ1) is 9.20. The second-order valence-electron chi connectivity index (χ2n) is 5.01. The molecule has 0 spiro atoms. The van der Waals surface area contributed by atoms with Crippen LogP contribution in [0.4, 0.5) is 0 Å². The highest BCUT2D eigenvalue weighted by Gasteiger charge is 2.18. The smallest absolute Gasteiger partial charge is 0.268 e. The van der Waals surface area contributed by atoms with E-state index >= 15 is 0 Å². The van der Waals surface area contributed by atoms with Gasteiger partial charge in [0.15, 0.2) is 0 Å². The van der Waals surface area contributed by atoms with E-state index in [0.29, 0.717) is 17.9 Å². The Hall–Kier alpha value is -1.59. The number of nitrogens with one attached hydrogen (secondary N) is 1. The van der Waals surface area contributed by atoms with E-state index in [2.05, 4.69) is 17.2 Å². The van der Waals surface area contributed by atoms with Gasteiger partial charge in [-0.2, -0.15) is 0 Å². The van der Waals surface area contributed by atoms with Gasteiger partial charge in [-0.1, -0.05) is 19.1 Å². The van der Waals surface area contributed by atoms with Crippen molar-refractivity contribution in [3.63, 3.8) is 0 Å². The highest BCUT2D eigenvalue weighted by molar-refractivity contribution is 5.96. The van der Waals surface area contributed by atoms with Crippen LogP contribution in [0.1, 0.15) is 23.7 Å². The van der Waals surface area contributed by atoms with Gasteiger partial charge in [0.05, 0.1) is 5.56 Å². The molecule has 19 heavy (non-hydrogen) atoms. The molecule has 1 aromatic carbocycles. The molecule has 1 atom stereocenters. The highest BCUT2D eigenvalue weighted by Crippen LogP contribution is 2.18. The summed E-state index contributed by atoms with van der Waals surface area (Å²) in [4.78, 5) is 14.0. The van der Waals surface area contributed by atoms with Crippen LogP contribution < -0.4 is 16.0 Å². The van der Waals surface area contributed by atoms with E-state index < -0.39 is 0 Å². The SMILES string of the molecule is CC1CCN(CCOc2ccccc2C(=O)NN)C1. The molecule has 1 aromatic rings. The lowest BCUT2D eigenvalue weighted by Crippen LogP contribution is -2.31. The minimum absolute atomic E-state index is 0.328. The van der Waals surface area contributed by atoms with Gasteiger partial charge < -0.3 is 4.74 Å². The third-order valence-corrected chi connectivity index (χ3v) is 3.44. The Morgan fingerprint density at radius 1 is 1.53 bits per heavy atom. The zero-order chi connectivity index (χ0) is 13.7. The molecule has 1 fully saturated rings. The molecule has 1 heterocycles. The van der Waals surface area contributed by atoms with E-state index in [0.717, 1.165) is 25.6 Å². The number of hydrogen-bond donors (Lipinski definition) is 2. The number of nitrogen functional groups attached to an aromatic ring is 1. The van der Waals surface area contributed by atoms with Crippen molar-refractivity contribution >= 4 is 5.91 Å². The first-order valence-electron chi connectivity index (χ1n) is 6.66. The van der Waals surface area contributed by atoms with E-state index in [1.165, 1.54) is 6.42 Å². The zero-order valence-electron chi connectivity index (χ0n) is 11.3. The lowest BCUT2D eigenvalue weighted by atomic mass is 10.2. The topological polar surface area (TPSA) is 67.6 Å². The molecular weight excluding hydrogens is 242 g/mol. The summed E-state index contributed by atoms with van der Waals surface area (Å²) in [5.41, 5.74) is 2.60. The van der Waals surface area contributed by atoms with Crippen LogP contribution in [0.3, 0.4) is 0 Å². The largest absolute Gasteiger partial charge is 0.491 e. The third-order valence-electron chi connectivity index (χ3n) is 3.44. The Balaban J connectivity index is 1.87. The molecule has 1 aliphatic heterocycles. The molecule has 1 unspecified atom stereocenters. The van der Waals surface area contributed by atoms with E-state index in [9.17, 15) is 4.79 Å². The number of hydrogen-bond acceptors (Lipinski definition) is 4. The number of para-hydroxylation sites is 1. The lowest BCUT2D eigenvalue weighted by Gasteiger charge is -2.16. The van der Waals surface area contributed by atoms with Crippen molar-refractivity contribution < 1.29 is 9.53 Å². The summed E-state index contributed by atoms with van der Waals surface area (Å²) in [6.45, 7) is 6.01. The van der Waals surface area contributed by atoms with E-state index in [1.807, 2.05) is 6.07 Å². The quantitative estimate of drug-likeness (QED) is 0.473. The Labute approximate surface area is 113 Å². The first kappa shape index (κ1) is 13.8. The molecule has 1 amide bonds. The van der Waals surface area contributed by atoms with Crippen LogP contribution in [0.5, 0.6) is 5.75 Å². The number of rotatable bonds is 5. The van der Waals surface area contributed by atoms with Gasteiger partial charge in [0, 0.05) is 13.1 Å². The summed E-state index contributed by atoms with van der Waals surface area (Å²) in [6, 6.07) is 7.13. The monoisotopic (exact) mass is 263 g/mol. The molecule has 1 saturated heterocycles. The van der Waals surface area contributed by atoms with Gasteiger partial charge in [-0.25, -0.2) is 5.84 Å². The molecule has 0 radical (unpaired) electrons. The number of nitrogens with zero attached hydrogens (tertiary/aromatic N) is 1. The average Bonchev–Trinajstić information content (AvgIpc) is 2.84. The number of hydrazine groups is 1. The number of nitrogens with two attached hydrogens (primary N) is 1. The fraction of sp³-hybridized carbons (Fsp3) is 0.500. The van der Waals surface area contributed by atoms with Gasteiger partial charge in [-0.15, -0.1) is 0 Å². The van der Waals surface area contributed by atoms with Crippen molar-refractivity contribution in [3.05, 3.63) is 29.8 Å². The number of amides is 1. The maximum Gasteiger partial charge on any atom is 0.268 e. The maximum atomic E-state index is 11.6. The van der Waals surface area contributed by atoms with Gasteiger partial charge >= 0.3 is 0 Å². The molecule has 0 bridgehead atoms. The molecule has 2 rings (SSSR count). The second kappa shape index (κ2) is 6.54. The fourth-order valence-electron chi connectivity index (χ4n) is 2.37. The zero-order valence-corrected chi connectivity index (χ0v) is 11.3. The average molecular weight is 263 g/mol. The predicted octanol–water partition coefficient (Wildman–Crippen LogP) is 1.01. The third kappa shape index (κ3) is 3.68. The summed E-state index contributed by atoms with van der Waals surface area (Å²) in [6.07, 6.45) is 1.26. The van der Waals surface area contributed by atoms with Crippen molar-refractivity contribution in [2.24, 2.45) is 11.8 Å². The molecule has 0 aromatic heterocycles. The van der Waals surface area contributed by atoms with Crippen molar-refractivity contribution in [1.29, 1.82) is 0 Å². The van der Waals surface area contributed by atoms with E-state index in [-0.39, 0.29) is 5.91 Å². The van der Waals surface area contributed by atoms with Crippen LogP contribution in [0.15, 0.2) is 24.3 Å². The van der Waals surface area contributed by atoms with Crippen LogP contribution in [0.2, 0.25) is 0 Å². The van der Waals surface area contributed by atoms with Crippen LogP contribution >= 0.6 is 0 Å². The molecular formula is C14H21N3O2. The summed E-state index contributed by atoms with van der Waals surface area (Å²) in [7, 11) is 0. The standard InChI is InChI=1S/C14H21N3O2/c1-11-6-7-17(10-11)8-9-19-13-5-3-2-4-12(13)14(18)16-15/h2-5,11H,6-10,15H2,1H3,(H,16,18). The lowest BCUT2D eigenvalue weighted by molar-refractivity contribution is 0.0949. The van der Waals surface area contributed by atoms with Crippen molar-refractivity contribution in [1.82, 2.24) is 10.3 Å². The molecule has 0 aliphatic carbocycles. The van der Waals surface area contributed by atoms with E-state index in [4.69, 9.17) is 10.6 Å². The molecule has 5 nitrogen and oxygen atoms in total. The van der Waals surface area contributed by atoms with Gasteiger partial charge in [-0.05, 0) is 31.0 Å². The molecule has 0 saturated carbocycles. The minimum Gasteiger partial charge on any atom is -0.491 e. The van der Waals surface area contributed by atoms with Gasteiger partial charge in [0.25, 0.3) is 5.91 Å². The van der Waals surface area contributed by atoms with Crippen molar-refractivity contribution in [3.8, 4) is 5.75 Å². The van der Waals surface area contributed by atoms with Gasteiger partial charge in [0.2, 0.25) is 0 Å². The number of carbonyl (C=O) groups excluding carboxylic acids is 1. The first-order valence-corrected chi connectivity index (χ1v) is 6.66. The normalized spacial score (nSPS) is 19.4. The van der Waals surface area contributed by atoms with Crippen molar-refractivity contribution in [2.75, 3.05) is 26.2 Å². The highest BCUT2D eigenvalue weighted by atomic mass is 16.5. The minimum atomic E-state index is -0.328. The molecule has 3 N–H and O–H groups in total. The second-order valence-corrected chi connectivity index (χ2v) is 5.01. The molecule has 104 valence electrons. The number of carbonyl (C=O) groups is 1.